The number of carbonyl (C=O) groups excluding carboxylic acids is 3. The molecule has 0 radical (unpaired) electrons. The molecule has 108 valence electrons. The molecule has 1 saturated carbocycles. The fraction of sp³-hybridized carbons (Fsp3) is 0.438. The highest BCUT2D eigenvalue weighted by molar-refractivity contribution is 6.21. The van der Waals surface area contributed by atoms with Gasteiger partial charge < -0.3 is 0 Å². The molecule has 1 heterocycles. The largest absolute Gasteiger partial charge is 0.331 e. The summed E-state index contributed by atoms with van der Waals surface area (Å²) >= 11 is 0. The van der Waals surface area contributed by atoms with Gasteiger partial charge in [0.05, 0.1) is 0 Å². The van der Waals surface area contributed by atoms with Crippen LogP contribution in [0.1, 0.15) is 30.4 Å². The van der Waals surface area contributed by atoms with Crippen molar-refractivity contribution in [1.82, 2.24) is 10.2 Å². The first-order valence-corrected chi connectivity index (χ1v) is 7.38. The monoisotopic (exact) mass is 284 g/mol. The van der Waals surface area contributed by atoms with Gasteiger partial charge in [-0.1, -0.05) is 24.3 Å². The summed E-state index contributed by atoms with van der Waals surface area (Å²) in [6.07, 6.45) is 3.43. The van der Waals surface area contributed by atoms with Gasteiger partial charge in [-0.3, -0.25) is 19.8 Å². The topological polar surface area (TPSA) is 66.5 Å². The van der Waals surface area contributed by atoms with Crippen molar-refractivity contribution in [2.45, 2.75) is 38.1 Å². The second-order valence-electron chi connectivity index (χ2n) is 6.18. The molecule has 1 atom stereocenters. The molecule has 1 N–H and O–H groups in total. The lowest BCUT2D eigenvalue weighted by Crippen LogP contribution is -2.62. The van der Waals surface area contributed by atoms with E-state index in [1.54, 1.807) is 0 Å². The third-order valence-electron chi connectivity index (χ3n) is 4.94. The van der Waals surface area contributed by atoms with Gasteiger partial charge >= 0.3 is 6.03 Å². The molecule has 5 heteroatoms. The van der Waals surface area contributed by atoms with Gasteiger partial charge in [0.25, 0.3) is 0 Å². The lowest BCUT2D eigenvalue weighted by atomic mass is 9.86. The quantitative estimate of drug-likeness (QED) is 0.793. The minimum atomic E-state index is -0.940. The van der Waals surface area contributed by atoms with E-state index in [4.69, 9.17) is 0 Å². The molecule has 1 aliphatic heterocycles. The van der Waals surface area contributed by atoms with Crippen LogP contribution in [0.3, 0.4) is 0 Å². The summed E-state index contributed by atoms with van der Waals surface area (Å²) in [5, 5.41) is 2.36. The number of aryl methyl sites for hydroxylation is 1. The first kappa shape index (κ1) is 12.6. The summed E-state index contributed by atoms with van der Waals surface area (Å²) in [5.74, 6) is -0.703. The Hall–Kier alpha value is -2.17. The van der Waals surface area contributed by atoms with Crippen LogP contribution >= 0.6 is 0 Å². The van der Waals surface area contributed by atoms with Gasteiger partial charge in [0.15, 0.2) is 0 Å². The van der Waals surface area contributed by atoms with E-state index in [1.165, 1.54) is 16.0 Å². The molecule has 5 nitrogen and oxygen atoms in total. The van der Waals surface area contributed by atoms with Crippen LogP contribution in [0, 0.1) is 5.41 Å². The average Bonchev–Trinajstić information content (AvgIpc) is 3.27. The molecule has 2 fully saturated rings. The maximum Gasteiger partial charge on any atom is 0.331 e. The van der Waals surface area contributed by atoms with Crippen LogP contribution in [-0.2, 0) is 22.4 Å². The van der Waals surface area contributed by atoms with E-state index >= 15 is 0 Å². The zero-order valence-corrected chi connectivity index (χ0v) is 11.6. The van der Waals surface area contributed by atoms with Crippen LogP contribution < -0.4 is 5.32 Å². The molecular formula is C16H16N2O3. The molecule has 4 rings (SSSR count). The van der Waals surface area contributed by atoms with Gasteiger partial charge in [0.1, 0.15) is 5.41 Å². The third kappa shape index (κ3) is 1.73. The predicted octanol–water partition coefficient (Wildman–Crippen LogP) is 1.40. The Labute approximate surface area is 122 Å². The predicted molar refractivity (Wildman–Crippen MR) is 74.3 cm³/mol. The van der Waals surface area contributed by atoms with Crippen molar-refractivity contribution in [3.63, 3.8) is 0 Å². The van der Waals surface area contributed by atoms with Crippen molar-refractivity contribution in [2.24, 2.45) is 5.41 Å². The Morgan fingerprint density at radius 1 is 1.10 bits per heavy atom. The van der Waals surface area contributed by atoms with Crippen LogP contribution in [0.5, 0.6) is 0 Å². The molecular weight excluding hydrogens is 268 g/mol. The van der Waals surface area contributed by atoms with Gasteiger partial charge in [-0.15, -0.1) is 0 Å². The minimum absolute atomic E-state index is 0.141. The van der Waals surface area contributed by atoms with Crippen molar-refractivity contribution in [3.8, 4) is 0 Å². The van der Waals surface area contributed by atoms with Gasteiger partial charge in [-0.05, 0) is 43.2 Å². The summed E-state index contributed by atoms with van der Waals surface area (Å²) < 4.78 is 0. The standard InChI is InChI=1S/C16H16N2O3/c19-13-16(7-8-16)14(20)18(15(21)17-13)12-6-5-10-3-1-2-4-11(10)9-12/h1-4,12H,5-9H2,(H,17,19,21). The maximum absolute atomic E-state index is 12.6. The second-order valence-corrected chi connectivity index (χ2v) is 6.18. The van der Waals surface area contributed by atoms with Crippen molar-refractivity contribution >= 4 is 17.8 Å². The minimum Gasteiger partial charge on any atom is -0.277 e. The van der Waals surface area contributed by atoms with Crippen molar-refractivity contribution < 1.29 is 14.4 Å². The Bertz CT molecular complexity index is 663. The van der Waals surface area contributed by atoms with E-state index in [9.17, 15) is 14.4 Å². The van der Waals surface area contributed by atoms with E-state index in [-0.39, 0.29) is 11.9 Å². The number of fused-ring (bicyclic) bond motifs is 1. The summed E-state index contributed by atoms with van der Waals surface area (Å²) in [7, 11) is 0. The summed E-state index contributed by atoms with van der Waals surface area (Å²) in [6, 6.07) is 7.44. The summed E-state index contributed by atoms with van der Waals surface area (Å²) in [5.41, 5.74) is 1.54. The number of carbonyl (C=O) groups is 3. The van der Waals surface area contributed by atoms with Gasteiger partial charge in [0, 0.05) is 6.04 Å². The number of benzene rings is 1. The molecule has 0 bridgehead atoms. The SMILES string of the molecule is O=C1NC(=O)C2(CC2)C(=O)N1C1CCc2ccccc2C1. The van der Waals surface area contributed by atoms with Crippen molar-refractivity contribution in [3.05, 3.63) is 35.4 Å². The highest BCUT2D eigenvalue weighted by Crippen LogP contribution is 2.49. The van der Waals surface area contributed by atoms with Gasteiger partial charge in [0.2, 0.25) is 11.8 Å². The molecule has 21 heavy (non-hydrogen) atoms. The first-order valence-electron chi connectivity index (χ1n) is 7.38. The highest BCUT2D eigenvalue weighted by atomic mass is 16.2. The Morgan fingerprint density at radius 3 is 2.52 bits per heavy atom. The fourth-order valence-electron chi connectivity index (χ4n) is 3.49. The van der Waals surface area contributed by atoms with Gasteiger partial charge in [-0.25, -0.2) is 4.79 Å². The number of nitrogens with one attached hydrogen (secondary N) is 1. The number of rotatable bonds is 1. The number of hydrogen-bond acceptors (Lipinski definition) is 3. The second kappa shape index (κ2) is 4.16. The number of urea groups is 1. The zero-order chi connectivity index (χ0) is 14.6. The Kier molecular flexibility index (Phi) is 2.49. The van der Waals surface area contributed by atoms with E-state index in [0.717, 1.165) is 12.8 Å². The lowest BCUT2D eigenvalue weighted by molar-refractivity contribution is -0.146. The molecule has 1 unspecified atom stereocenters. The van der Waals surface area contributed by atoms with E-state index in [0.29, 0.717) is 19.3 Å². The number of imide groups is 2. The van der Waals surface area contributed by atoms with Crippen molar-refractivity contribution in [1.29, 1.82) is 0 Å². The zero-order valence-electron chi connectivity index (χ0n) is 11.6. The van der Waals surface area contributed by atoms with Crippen molar-refractivity contribution in [2.75, 3.05) is 0 Å². The van der Waals surface area contributed by atoms with E-state index in [1.807, 2.05) is 18.2 Å². The molecule has 1 saturated heterocycles. The van der Waals surface area contributed by atoms with Crippen LogP contribution in [-0.4, -0.2) is 28.8 Å². The first-order chi connectivity index (χ1) is 10.1. The Morgan fingerprint density at radius 2 is 1.81 bits per heavy atom. The fourth-order valence-corrected chi connectivity index (χ4v) is 3.49. The maximum atomic E-state index is 12.6. The number of barbiturate groups is 1. The van der Waals surface area contributed by atoms with Crippen LogP contribution in [0.15, 0.2) is 24.3 Å². The third-order valence-corrected chi connectivity index (χ3v) is 4.94. The smallest absolute Gasteiger partial charge is 0.277 e. The lowest BCUT2D eigenvalue weighted by Gasteiger charge is -2.38. The summed E-state index contributed by atoms with van der Waals surface area (Å²) in [6.45, 7) is 0. The van der Waals surface area contributed by atoms with E-state index < -0.39 is 17.4 Å². The molecule has 1 aromatic carbocycles. The van der Waals surface area contributed by atoms with Crippen LogP contribution in [0.4, 0.5) is 4.79 Å². The molecule has 0 aromatic heterocycles. The molecule has 2 aliphatic carbocycles. The summed E-state index contributed by atoms with van der Waals surface area (Å²) in [4.78, 5) is 37.9. The normalized spacial score (nSPS) is 26.6. The highest BCUT2D eigenvalue weighted by Gasteiger charge is 2.63. The molecule has 4 amide bonds. The number of nitrogens with zero attached hydrogens (tertiary/aromatic N) is 1. The van der Waals surface area contributed by atoms with Gasteiger partial charge in [-0.2, -0.15) is 0 Å². The van der Waals surface area contributed by atoms with Crippen LogP contribution in [0.25, 0.3) is 0 Å². The molecule has 1 aromatic rings. The van der Waals surface area contributed by atoms with E-state index in [2.05, 4.69) is 11.4 Å². The Balaban J connectivity index is 1.63. The van der Waals surface area contributed by atoms with Crippen LogP contribution in [0.2, 0.25) is 0 Å². The molecule has 1 spiro atoms. The number of hydrogen-bond donors (Lipinski definition) is 1. The molecule has 3 aliphatic rings. The number of amides is 4. The average molecular weight is 284 g/mol.